The van der Waals surface area contributed by atoms with Crippen LogP contribution in [0.15, 0.2) is 23.2 Å². The van der Waals surface area contributed by atoms with Crippen LogP contribution in [-0.2, 0) is 14.6 Å². The van der Waals surface area contributed by atoms with Gasteiger partial charge in [-0.25, -0.2) is 27.0 Å². The molecule has 1 heterocycles. The Bertz CT molecular complexity index is 904. The Morgan fingerprint density at radius 3 is 2.33 bits per heavy atom. The first-order valence-electron chi connectivity index (χ1n) is 6.83. The van der Waals surface area contributed by atoms with E-state index in [2.05, 4.69) is 9.72 Å². The van der Waals surface area contributed by atoms with E-state index in [1.165, 1.54) is 10.8 Å². The lowest BCUT2D eigenvalue weighted by atomic mass is 10.1. The number of aryl methyl sites for hydroxylation is 2. The molecule has 0 spiro atoms. The van der Waals surface area contributed by atoms with Gasteiger partial charge < -0.3 is 9.30 Å². The van der Waals surface area contributed by atoms with Crippen LogP contribution in [-0.4, -0.2) is 37.3 Å². The minimum atomic E-state index is -3.80. The molecule has 0 bridgehead atoms. The summed E-state index contributed by atoms with van der Waals surface area (Å²) in [6.07, 6.45) is -0.503. The lowest BCUT2D eigenvalue weighted by Gasteiger charge is -2.15. The molecule has 9 heteroatoms. The van der Waals surface area contributed by atoms with Crippen LogP contribution < -0.4 is 0 Å². The highest BCUT2D eigenvalue weighted by molar-refractivity contribution is 7.90. The molecule has 0 fully saturated rings. The van der Waals surface area contributed by atoms with Gasteiger partial charge >= 0.3 is 5.97 Å². The predicted octanol–water partition coefficient (Wildman–Crippen LogP) is 2.62. The number of alkyl halides is 2. The number of rotatable bonds is 4. The quantitative estimate of drug-likeness (QED) is 0.785. The lowest BCUT2D eigenvalue weighted by molar-refractivity contribution is 0.0589. The Kier molecular flexibility index (Phi) is 4.75. The highest BCUT2D eigenvalue weighted by atomic mass is 32.2. The molecule has 0 N–H and O–H groups in total. The van der Waals surface area contributed by atoms with Crippen molar-refractivity contribution in [3.05, 3.63) is 41.0 Å². The molecule has 0 aliphatic heterocycles. The molecular formula is C15H16F2N2O4S. The van der Waals surface area contributed by atoms with Crippen LogP contribution in [0.1, 0.15) is 33.9 Å². The first-order chi connectivity index (χ1) is 11.1. The van der Waals surface area contributed by atoms with Crippen LogP contribution in [0, 0.1) is 13.8 Å². The fraction of sp³-hybridized carbons (Fsp3) is 0.333. The first kappa shape index (κ1) is 18.1. The van der Waals surface area contributed by atoms with Crippen LogP contribution in [0.5, 0.6) is 0 Å². The van der Waals surface area contributed by atoms with Crippen LogP contribution in [0.25, 0.3) is 5.69 Å². The fourth-order valence-corrected chi connectivity index (χ4v) is 3.27. The molecule has 24 heavy (non-hydrogen) atoms. The molecule has 0 saturated carbocycles. The summed E-state index contributed by atoms with van der Waals surface area (Å²) < 4.78 is 56.9. The van der Waals surface area contributed by atoms with Crippen molar-refractivity contribution >= 4 is 15.8 Å². The largest absolute Gasteiger partial charge is 0.465 e. The van der Waals surface area contributed by atoms with Crippen molar-refractivity contribution < 1.29 is 26.7 Å². The first-order valence-corrected chi connectivity index (χ1v) is 8.72. The monoisotopic (exact) mass is 358 g/mol. The highest BCUT2D eigenvalue weighted by Crippen LogP contribution is 2.32. The molecule has 0 unspecified atom stereocenters. The number of halogens is 2. The number of ether oxygens (including phenoxy) is 1. The molecule has 0 saturated heterocycles. The van der Waals surface area contributed by atoms with Gasteiger partial charge in [-0.1, -0.05) is 0 Å². The SMILES string of the molecule is COC(=O)c1cc(S(C)(=O)=O)c(-n2cc(C)nc2C)cc1C(F)F. The van der Waals surface area contributed by atoms with E-state index in [-0.39, 0.29) is 10.6 Å². The third-order valence-electron chi connectivity index (χ3n) is 3.43. The van der Waals surface area contributed by atoms with E-state index in [0.29, 0.717) is 11.5 Å². The minimum absolute atomic E-state index is 0.0125. The molecule has 6 nitrogen and oxygen atoms in total. The van der Waals surface area contributed by atoms with Gasteiger partial charge in [0.15, 0.2) is 9.84 Å². The molecule has 0 aliphatic rings. The number of sulfone groups is 1. The number of methoxy groups -OCH3 is 1. The second kappa shape index (κ2) is 6.31. The molecule has 1 aromatic heterocycles. The van der Waals surface area contributed by atoms with Gasteiger partial charge in [0.05, 0.1) is 29.0 Å². The number of hydrogen-bond acceptors (Lipinski definition) is 5. The maximum atomic E-state index is 13.4. The summed E-state index contributed by atoms with van der Waals surface area (Å²) >= 11 is 0. The van der Waals surface area contributed by atoms with Gasteiger partial charge in [-0.05, 0) is 26.0 Å². The molecule has 0 aliphatic carbocycles. The van der Waals surface area contributed by atoms with E-state index in [0.717, 1.165) is 25.5 Å². The average Bonchev–Trinajstić information content (AvgIpc) is 2.82. The summed E-state index contributed by atoms with van der Waals surface area (Å²) in [5.41, 5.74) is -0.470. The maximum Gasteiger partial charge on any atom is 0.338 e. The van der Waals surface area contributed by atoms with E-state index in [1.807, 2.05) is 0 Å². The van der Waals surface area contributed by atoms with Gasteiger partial charge in [-0.3, -0.25) is 0 Å². The Balaban J connectivity index is 2.90. The van der Waals surface area contributed by atoms with Gasteiger partial charge in [0, 0.05) is 18.0 Å². The van der Waals surface area contributed by atoms with Crippen molar-refractivity contribution in [2.24, 2.45) is 0 Å². The molecule has 1 aromatic carbocycles. The number of nitrogens with zero attached hydrogens (tertiary/aromatic N) is 2. The van der Waals surface area contributed by atoms with Crippen LogP contribution in [0.4, 0.5) is 8.78 Å². The lowest BCUT2D eigenvalue weighted by Crippen LogP contribution is -2.13. The zero-order valence-corrected chi connectivity index (χ0v) is 14.3. The van der Waals surface area contributed by atoms with Crippen molar-refractivity contribution in [2.45, 2.75) is 25.2 Å². The molecule has 130 valence electrons. The van der Waals surface area contributed by atoms with Crippen molar-refractivity contribution in [3.63, 3.8) is 0 Å². The molecular weight excluding hydrogens is 342 g/mol. The normalized spacial score (nSPS) is 11.8. The number of imidazole rings is 1. The Morgan fingerprint density at radius 2 is 1.92 bits per heavy atom. The van der Waals surface area contributed by atoms with Crippen molar-refractivity contribution in [2.75, 3.05) is 13.4 Å². The molecule has 2 aromatic rings. The standard InChI is InChI=1S/C15H16F2N2O4S/c1-8-7-19(9(2)18-8)12-5-10(14(16)17)11(15(20)23-3)6-13(12)24(4,21)22/h5-7,14H,1-4H3. The summed E-state index contributed by atoms with van der Waals surface area (Å²) in [6.45, 7) is 3.32. The average molecular weight is 358 g/mol. The molecule has 2 rings (SSSR count). The Labute approximate surface area is 138 Å². The van der Waals surface area contributed by atoms with Crippen LogP contribution in [0.3, 0.4) is 0 Å². The number of hydrogen-bond donors (Lipinski definition) is 0. The summed E-state index contributed by atoms with van der Waals surface area (Å²) in [5, 5.41) is 0. The number of benzene rings is 1. The summed E-state index contributed by atoms with van der Waals surface area (Å²) in [7, 11) is -2.76. The maximum absolute atomic E-state index is 13.4. The van der Waals surface area contributed by atoms with Gasteiger partial charge in [-0.15, -0.1) is 0 Å². The number of esters is 1. The van der Waals surface area contributed by atoms with Crippen LogP contribution in [0.2, 0.25) is 0 Å². The summed E-state index contributed by atoms with van der Waals surface area (Å²) in [4.78, 5) is 15.7. The minimum Gasteiger partial charge on any atom is -0.465 e. The van der Waals surface area contributed by atoms with Gasteiger partial charge in [0.1, 0.15) is 5.82 Å². The summed E-state index contributed by atoms with van der Waals surface area (Å²) in [6, 6.07) is 1.91. The van der Waals surface area contributed by atoms with Gasteiger partial charge in [0.25, 0.3) is 6.43 Å². The van der Waals surface area contributed by atoms with E-state index < -0.39 is 33.4 Å². The zero-order chi connectivity index (χ0) is 18.2. The van der Waals surface area contributed by atoms with Crippen LogP contribution >= 0.6 is 0 Å². The number of carbonyl (C=O) groups excluding carboxylic acids is 1. The number of carbonyl (C=O) groups is 1. The van der Waals surface area contributed by atoms with Gasteiger partial charge in [-0.2, -0.15) is 0 Å². The Hall–Kier alpha value is -2.29. The topological polar surface area (TPSA) is 78.3 Å². The van der Waals surface area contributed by atoms with E-state index in [4.69, 9.17) is 0 Å². The van der Waals surface area contributed by atoms with E-state index in [1.54, 1.807) is 13.8 Å². The van der Waals surface area contributed by atoms with Gasteiger partial charge in [0.2, 0.25) is 0 Å². The molecule has 0 amide bonds. The van der Waals surface area contributed by atoms with E-state index in [9.17, 15) is 22.0 Å². The zero-order valence-electron chi connectivity index (χ0n) is 13.5. The van der Waals surface area contributed by atoms with Crippen molar-refractivity contribution in [3.8, 4) is 5.69 Å². The highest BCUT2D eigenvalue weighted by Gasteiger charge is 2.26. The van der Waals surface area contributed by atoms with Crippen molar-refractivity contribution in [1.29, 1.82) is 0 Å². The Morgan fingerprint density at radius 1 is 1.29 bits per heavy atom. The molecule has 0 atom stereocenters. The second-order valence-corrected chi connectivity index (χ2v) is 7.26. The third-order valence-corrected chi connectivity index (χ3v) is 4.56. The second-order valence-electron chi connectivity index (χ2n) is 5.27. The predicted molar refractivity (Wildman–Crippen MR) is 82.4 cm³/mol. The van der Waals surface area contributed by atoms with E-state index >= 15 is 0 Å². The fourth-order valence-electron chi connectivity index (χ4n) is 2.40. The van der Waals surface area contributed by atoms with Crippen molar-refractivity contribution in [1.82, 2.24) is 9.55 Å². The molecule has 0 radical (unpaired) electrons. The third kappa shape index (κ3) is 3.30. The summed E-state index contributed by atoms with van der Waals surface area (Å²) in [5.74, 6) is -0.594. The smallest absolute Gasteiger partial charge is 0.338 e. The number of aromatic nitrogens is 2.